The highest BCUT2D eigenvalue weighted by Gasteiger charge is 2.29. The number of benzene rings is 3. The molecule has 4 rings (SSSR count). The van der Waals surface area contributed by atoms with Gasteiger partial charge in [0, 0.05) is 36.5 Å². The van der Waals surface area contributed by atoms with Crippen molar-refractivity contribution in [1.82, 2.24) is 0 Å². The van der Waals surface area contributed by atoms with Crippen LogP contribution in [0, 0.1) is 0 Å². The van der Waals surface area contributed by atoms with Crippen molar-refractivity contribution in [2.45, 2.75) is 25.9 Å². The van der Waals surface area contributed by atoms with Crippen molar-refractivity contribution in [3.05, 3.63) is 66.2 Å². The van der Waals surface area contributed by atoms with Crippen molar-refractivity contribution in [1.29, 1.82) is 0 Å². The Morgan fingerprint density at radius 3 is 2.63 bits per heavy atom. The molecule has 0 fully saturated rings. The fourth-order valence-electron chi connectivity index (χ4n) is 3.60. The lowest BCUT2D eigenvalue weighted by molar-refractivity contribution is -0.125. The van der Waals surface area contributed by atoms with E-state index in [1.165, 1.54) is 4.90 Å². The van der Waals surface area contributed by atoms with Crippen molar-refractivity contribution >= 4 is 39.7 Å². The second-order valence-electron chi connectivity index (χ2n) is 7.34. The summed E-state index contributed by atoms with van der Waals surface area (Å²) in [6.45, 7) is 1.69. The highest BCUT2D eigenvalue weighted by Crippen LogP contribution is 2.34. The normalized spacial score (nSPS) is 15.5. The molecule has 152 valence electrons. The molecule has 1 aliphatic rings. The van der Waals surface area contributed by atoms with Crippen LogP contribution < -0.4 is 15.0 Å². The van der Waals surface area contributed by atoms with Crippen molar-refractivity contribution in [2.24, 2.45) is 0 Å². The van der Waals surface area contributed by atoms with Gasteiger partial charge in [-0.3, -0.25) is 14.4 Å². The third-order valence-corrected chi connectivity index (χ3v) is 5.27. The first-order valence-corrected chi connectivity index (χ1v) is 9.83. The fraction of sp³-hybridized carbons (Fsp3) is 0.208. The van der Waals surface area contributed by atoms with E-state index in [9.17, 15) is 14.4 Å². The summed E-state index contributed by atoms with van der Waals surface area (Å²) in [7, 11) is 1.66. The summed E-state index contributed by atoms with van der Waals surface area (Å²) in [6, 6.07) is 18.5. The Bertz CT molecular complexity index is 1150. The van der Waals surface area contributed by atoms with Crippen LogP contribution in [0.2, 0.25) is 0 Å². The number of amides is 2. The average molecular weight is 402 g/mol. The minimum atomic E-state index is -0.554. The summed E-state index contributed by atoms with van der Waals surface area (Å²) >= 11 is 0. The van der Waals surface area contributed by atoms with Crippen LogP contribution in [0.1, 0.15) is 30.1 Å². The summed E-state index contributed by atoms with van der Waals surface area (Å²) in [5, 5.41) is 4.89. The van der Waals surface area contributed by atoms with E-state index >= 15 is 0 Å². The SMILES string of the molecule is CC1Oc2ccc(C(=O)CCC(=O)Nc3cccc4ccccc34)cc2N(C)C1=O. The molecule has 1 heterocycles. The predicted octanol–water partition coefficient (Wildman–Crippen LogP) is 4.19. The number of fused-ring (bicyclic) bond motifs is 2. The van der Waals surface area contributed by atoms with Crippen molar-refractivity contribution in [3.8, 4) is 5.75 Å². The number of likely N-dealkylation sites (N-methyl/N-ethyl adjacent to an activating group) is 1. The number of Topliss-reactive ketones (excluding diaryl/α,β-unsaturated/α-hetero) is 1. The second kappa shape index (κ2) is 7.99. The number of carbonyl (C=O) groups excluding carboxylic acids is 3. The van der Waals surface area contributed by atoms with Crippen molar-refractivity contribution < 1.29 is 19.1 Å². The topological polar surface area (TPSA) is 75.7 Å². The summed E-state index contributed by atoms with van der Waals surface area (Å²) in [6.07, 6.45) is -0.409. The summed E-state index contributed by atoms with van der Waals surface area (Å²) in [5.74, 6) is 0.0175. The molecule has 1 atom stereocenters. The number of hydrogen-bond acceptors (Lipinski definition) is 4. The van der Waals surface area contributed by atoms with E-state index in [-0.39, 0.29) is 30.4 Å². The maximum Gasteiger partial charge on any atom is 0.267 e. The molecule has 30 heavy (non-hydrogen) atoms. The zero-order chi connectivity index (χ0) is 21.3. The zero-order valence-corrected chi connectivity index (χ0v) is 16.8. The molecular formula is C24H22N2O4. The van der Waals surface area contributed by atoms with Gasteiger partial charge in [-0.15, -0.1) is 0 Å². The number of ether oxygens (including phenoxy) is 1. The van der Waals surface area contributed by atoms with Gasteiger partial charge in [0.25, 0.3) is 5.91 Å². The van der Waals surface area contributed by atoms with Crippen molar-refractivity contribution in [3.63, 3.8) is 0 Å². The van der Waals surface area contributed by atoms with E-state index in [1.807, 2.05) is 42.5 Å². The van der Waals surface area contributed by atoms with Gasteiger partial charge in [-0.2, -0.15) is 0 Å². The summed E-state index contributed by atoms with van der Waals surface area (Å²) < 4.78 is 5.58. The number of nitrogens with zero attached hydrogens (tertiary/aromatic N) is 1. The smallest absolute Gasteiger partial charge is 0.267 e. The Morgan fingerprint density at radius 2 is 1.80 bits per heavy atom. The maximum absolute atomic E-state index is 12.6. The van der Waals surface area contributed by atoms with E-state index in [0.29, 0.717) is 17.0 Å². The molecule has 6 heteroatoms. The van der Waals surface area contributed by atoms with Gasteiger partial charge < -0.3 is 15.0 Å². The lowest BCUT2D eigenvalue weighted by Gasteiger charge is -2.30. The van der Waals surface area contributed by atoms with Crippen LogP contribution >= 0.6 is 0 Å². The minimum absolute atomic E-state index is 0.0709. The van der Waals surface area contributed by atoms with Gasteiger partial charge in [-0.05, 0) is 36.6 Å². The molecule has 0 saturated carbocycles. The first kappa shape index (κ1) is 19.6. The number of nitrogens with one attached hydrogen (secondary N) is 1. The fourth-order valence-corrected chi connectivity index (χ4v) is 3.60. The Morgan fingerprint density at radius 1 is 1.03 bits per heavy atom. The quantitative estimate of drug-likeness (QED) is 0.650. The van der Waals surface area contributed by atoms with Crippen LogP contribution in [-0.2, 0) is 9.59 Å². The molecular weight excluding hydrogens is 380 g/mol. The number of carbonyl (C=O) groups is 3. The van der Waals surface area contributed by atoms with Crippen LogP contribution in [-0.4, -0.2) is 30.7 Å². The Kier molecular flexibility index (Phi) is 5.23. The van der Waals surface area contributed by atoms with Crippen LogP contribution in [0.5, 0.6) is 5.75 Å². The van der Waals surface area contributed by atoms with Gasteiger partial charge in [0.15, 0.2) is 11.9 Å². The highest BCUT2D eigenvalue weighted by molar-refractivity contribution is 6.05. The van der Waals surface area contributed by atoms with E-state index in [2.05, 4.69) is 5.32 Å². The standard InChI is InChI=1S/C24H22N2O4/c1-15-24(29)26(2)20-14-17(10-12-22(20)30-15)21(27)11-13-23(28)25-19-9-5-7-16-6-3-4-8-18(16)19/h3-10,12,14-15H,11,13H2,1-2H3,(H,25,28). The van der Waals surface area contributed by atoms with Crippen LogP contribution in [0.3, 0.4) is 0 Å². The second-order valence-corrected chi connectivity index (χ2v) is 7.34. The van der Waals surface area contributed by atoms with E-state index < -0.39 is 6.10 Å². The zero-order valence-electron chi connectivity index (χ0n) is 16.8. The van der Waals surface area contributed by atoms with Gasteiger partial charge in [0.2, 0.25) is 5.91 Å². The van der Waals surface area contributed by atoms with Gasteiger partial charge in [-0.25, -0.2) is 0 Å². The average Bonchev–Trinajstić information content (AvgIpc) is 2.76. The largest absolute Gasteiger partial charge is 0.479 e. The molecule has 0 radical (unpaired) electrons. The maximum atomic E-state index is 12.6. The highest BCUT2D eigenvalue weighted by atomic mass is 16.5. The van der Waals surface area contributed by atoms with E-state index in [1.54, 1.807) is 32.2 Å². The Hall–Kier alpha value is -3.67. The third kappa shape index (κ3) is 3.76. The molecule has 0 bridgehead atoms. The molecule has 6 nitrogen and oxygen atoms in total. The predicted molar refractivity (Wildman–Crippen MR) is 116 cm³/mol. The van der Waals surface area contributed by atoms with Gasteiger partial charge >= 0.3 is 0 Å². The van der Waals surface area contributed by atoms with Crippen LogP contribution in [0.25, 0.3) is 10.8 Å². The Balaban J connectivity index is 1.42. The molecule has 3 aromatic carbocycles. The van der Waals surface area contributed by atoms with Crippen LogP contribution in [0.15, 0.2) is 60.7 Å². The van der Waals surface area contributed by atoms with Gasteiger partial charge in [0.1, 0.15) is 5.75 Å². The van der Waals surface area contributed by atoms with E-state index in [0.717, 1.165) is 16.5 Å². The van der Waals surface area contributed by atoms with Crippen LogP contribution in [0.4, 0.5) is 11.4 Å². The monoisotopic (exact) mass is 402 g/mol. The number of rotatable bonds is 5. The number of ketones is 1. The molecule has 2 amide bonds. The molecule has 0 aliphatic carbocycles. The first-order chi connectivity index (χ1) is 14.4. The van der Waals surface area contributed by atoms with E-state index in [4.69, 9.17) is 4.74 Å². The van der Waals surface area contributed by atoms with Gasteiger partial charge in [0.05, 0.1) is 5.69 Å². The summed E-state index contributed by atoms with van der Waals surface area (Å²) in [4.78, 5) is 38.7. The molecule has 1 N–H and O–H groups in total. The number of hydrogen-bond donors (Lipinski definition) is 1. The molecule has 1 aliphatic heterocycles. The summed E-state index contributed by atoms with van der Waals surface area (Å²) in [5.41, 5.74) is 1.74. The molecule has 0 aromatic heterocycles. The lowest BCUT2D eigenvalue weighted by atomic mass is 10.0. The lowest BCUT2D eigenvalue weighted by Crippen LogP contribution is -2.42. The third-order valence-electron chi connectivity index (χ3n) is 5.27. The number of anilines is 2. The molecule has 3 aromatic rings. The van der Waals surface area contributed by atoms with Crippen molar-refractivity contribution in [2.75, 3.05) is 17.3 Å². The molecule has 0 spiro atoms. The first-order valence-electron chi connectivity index (χ1n) is 9.83. The Labute approximate surface area is 174 Å². The molecule has 1 unspecified atom stereocenters. The van der Waals surface area contributed by atoms with Gasteiger partial charge in [-0.1, -0.05) is 36.4 Å². The molecule has 0 saturated heterocycles. The minimum Gasteiger partial charge on any atom is -0.479 e.